The lowest BCUT2D eigenvalue weighted by Gasteiger charge is -2.20. The van der Waals surface area contributed by atoms with Crippen LogP contribution in [0.2, 0.25) is 0 Å². The number of hydrogen-bond acceptors (Lipinski definition) is 2. The summed E-state index contributed by atoms with van der Waals surface area (Å²) in [5.74, 6) is 0.564. The van der Waals surface area contributed by atoms with Gasteiger partial charge < -0.3 is 5.43 Å². The summed E-state index contributed by atoms with van der Waals surface area (Å²) < 4.78 is 1.55. The molecule has 1 rings (SSSR count). The molecule has 1 unspecified atom stereocenters. The molecule has 0 aromatic carbocycles. The number of halogens is 1. The highest BCUT2D eigenvalue weighted by Gasteiger charge is 2.06. The van der Waals surface area contributed by atoms with E-state index in [4.69, 9.17) is 11.8 Å². The Labute approximate surface area is 54.2 Å². The monoisotopic (exact) mass is 132 g/mol. The molecule has 46 valence electrons. The normalized spacial score (nSPS) is 30.0. The van der Waals surface area contributed by atoms with Gasteiger partial charge in [0.05, 0.1) is 0 Å². The van der Waals surface area contributed by atoms with Crippen molar-refractivity contribution < 1.29 is 0 Å². The fourth-order valence-electron chi connectivity index (χ4n) is 0.655. The zero-order valence-corrected chi connectivity index (χ0v) is 5.52. The van der Waals surface area contributed by atoms with Crippen LogP contribution in [-0.2, 0) is 0 Å². The Kier molecular flexibility index (Phi) is 1.76. The number of nitrogens with one attached hydrogen (secondary N) is 1. The predicted molar refractivity (Wildman–Crippen MR) is 34.0 cm³/mol. The third kappa shape index (κ3) is 1.39. The number of hydrogen-bond donors (Lipinski definition) is 1. The van der Waals surface area contributed by atoms with Crippen LogP contribution in [0.25, 0.3) is 0 Å². The maximum absolute atomic E-state index is 5.58. The Balaban J connectivity index is 2.42. The second kappa shape index (κ2) is 2.37. The molecule has 8 heavy (non-hydrogen) atoms. The van der Waals surface area contributed by atoms with Crippen LogP contribution in [0.15, 0.2) is 12.3 Å². The highest BCUT2D eigenvalue weighted by atomic mass is 35.5. The molecule has 0 saturated heterocycles. The van der Waals surface area contributed by atoms with E-state index >= 15 is 0 Å². The van der Waals surface area contributed by atoms with Gasteiger partial charge in [-0.25, -0.2) is 0 Å². The fraction of sp³-hybridized carbons (Fsp3) is 0.600. The summed E-state index contributed by atoms with van der Waals surface area (Å²) in [5.41, 5.74) is 2.83. The standard InChI is InChI=1S/C5H9ClN2/c1-5-2-3-7-8(6)4-5/h2-3,5,7H,4H2,1H3. The van der Waals surface area contributed by atoms with Crippen LogP contribution in [0.4, 0.5) is 0 Å². The molecule has 0 radical (unpaired) electrons. The summed E-state index contributed by atoms with van der Waals surface area (Å²) in [4.78, 5) is 0. The molecule has 3 heteroatoms. The fourth-order valence-corrected chi connectivity index (χ4v) is 0.929. The van der Waals surface area contributed by atoms with Crippen LogP contribution in [0.5, 0.6) is 0 Å². The summed E-state index contributed by atoms with van der Waals surface area (Å²) >= 11 is 5.58. The third-order valence-electron chi connectivity index (χ3n) is 1.09. The van der Waals surface area contributed by atoms with Crippen molar-refractivity contribution in [1.29, 1.82) is 0 Å². The molecule has 0 saturated carbocycles. The lowest BCUT2D eigenvalue weighted by atomic mass is 10.2. The van der Waals surface area contributed by atoms with Crippen molar-refractivity contribution in [3.63, 3.8) is 0 Å². The summed E-state index contributed by atoms with van der Waals surface area (Å²) in [7, 11) is 0. The van der Waals surface area contributed by atoms with Gasteiger partial charge in [0.2, 0.25) is 0 Å². The van der Waals surface area contributed by atoms with E-state index < -0.39 is 0 Å². The SMILES string of the molecule is CC1C=CNN(Cl)C1. The lowest BCUT2D eigenvalue weighted by Crippen LogP contribution is -2.32. The van der Waals surface area contributed by atoms with Gasteiger partial charge in [-0.05, 0) is 17.7 Å². The van der Waals surface area contributed by atoms with Crippen molar-refractivity contribution in [2.24, 2.45) is 5.92 Å². The molecule has 0 bridgehead atoms. The van der Waals surface area contributed by atoms with Gasteiger partial charge >= 0.3 is 0 Å². The van der Waals surface area contributed by atoms with Crippen molar-refractivity contribution in [1.82, 2.24) is 9.95 Å². The summed E-state index contributed by atoms with van der Waals surface area (Å²) in [6.07, 6.45) is 3.93. The van der Waals surface area contributed by atoms with E-state index in [1.54, 1.807) is 4.53 Å². The van der Waals surface area contributed by atoms with Crippen LogP contribution in [0.3, 0.4) is 0 Å². The Morgan fingerprint density at radius 3 is 3.00 bits per heavy atom. The second-order valence-electron chi connectivity index (χ2n) is 2.01. The topological polar surface area (TPSA) is 15.3 Å². The summed E-state index contributed by atoms with van der Waals surface area (Å²) in [6.45, 7) is 2.99. The zero-order valence-electron chi connectivity index (χ0n) is 4.76. The molecule has 0 aromatic rings. The first-order valence-corrected chi connectivity index (χ1v) is 2.99. The highest BCUT2D eigenvalue weighted by Crippen LogP contribution is 2.05. The first kappa shape index (κ1) is 5.92. The molecular formula is C5H9ClN2. The molecule has 1 N–H and O–H groups in total. The largest absolute Gasteiger partial charge is 0.313 e. The van der Waals surface area contributed by atoms with Gasteiger partial charge in [0.1, 0.15) is 0 Å². The molecular weight excluding hydrogens is 124 g/mol. The van der Waals surface area contributed by atoms with Gasteiger partial charge in [0.25, 0.3) is 0 Å². The predicted octanol–water partition coefficient (Wildman–Crippen LogP) is 1.11. The van der Waals surface area contributed by atoms with Crippen LogP contribution < -0.4 is 5.43 Å². The molecule has 0 fully saturated rings. The molecule has 1 heterocycles. The van der Waals surface area contributed by atoms with Gasteiger partial charge in [-0.2, -0.15) is 0 Å². The number of nitrogens with zero attached hydrogens (tertiary/aromatic N) is 1. The first-order valence-electron chi connectivity index (χ1n) is 2.65. The number of hydrazine groups is 1. The smallest absolute Gasteiger partial charge is 0.0406 e. The maximum atomic E-state index is 5.58. The zero-order chi connectivity index (χ0) is 5.98. The van der Waals surface area contributed by atoms with E-state index in [9.17, 15) is 0 Å². The Bertz CT molecular complexity index is 103. The Morgan fingerprint density at radius 1 is 1.88 bits per heavy atom. The molecule has 0 aliphatic carbocycles. The van der Waals surface area contributed by atoms with Gasteiger partial charge in [0.15, 0.2) is 0 Å². The molecule has 0 aromatic heterocycles. The highest BCUT2D eigenvalue weighted by molar-refractivity contribution is 6.13. The minimum absolute atomic E-state index is 0.564. The van der Waals surface area contributed by atoms with Crippen molar-refractivity contribution in [2.75, 3.05) is 6.54 Å². The van der Waals surface area contributed by atoms with Crippen LogP contribution >= 0.6 is 11.8 Å². The average molecular weight is 133 g/mol. The van der Waals surface area contributed by atoms with Crippen LogP contribution in [-0.4, -0.2) is 11.1 Å². The van der Waals surface area contributed by atoms with E-state index in [-0.39, 0.29) is 0 Å². The number of rotatable bonds is 0. The second-order valence-corrected chi connectivity index (χ2v) is 2.42. The minimum Gasteiger partial charge on any atom is -0.313 e. The van der Waals surface area contributed by atoms with Crippen LogP contribution in [0.1, 0.15) is 6.92 Å². The summed E-state index contributed by atoms with van der Waals surface area (Å²) in [5, 5.41) is 0. The molecule has 0 amide bonds. The minimum atomic E-state index is 0.564. The Morgan fingerprint density at radius 2 is 2.62 bits per heavy atom. The van der Waals surface area contributed by atoms with Gasteiger partial charge in [-0.1, -0.05) is 13.0 Å². The molecule has 1 aliphatic heterocycles. The Hall–Kier alpha value is -0.210. The van der Waals surface area contributed by atoms with Crippen molar-refractivity contribution in [3.8, 4) is 0 Å². The first-order chi connectivity index (χ1) is 3.79. The van der Waals surface area contributed by atoms with E-state index in [2.05, 4.69) is 18.4 Å². The molecule has 2 nitrogen and oxygen atoms in total. The van der Waals surface area contributed by atoms with Gasteiger partial charge in [0, 0.05) is 12.7 Å². The average Bonchev–Trinajstić information content (AvgIpc) is 1.64. The molecule has 1 atom stereocenters. The van der Waals surface area contributed by atoms with Crippen LogP contribution in [0, 0.1) is 5.92 Å². The van der Waals surface area contributed by atoms with E-state index in [0.29, 0.717) is 5.92 Å². The van der Waals surface area contributed by atoms with Crippen molar-refractivity contribution in [3.05, 3.63) is 12.3 Å². The van der Waals surface area contributed by atoms with E-state index in [1.165, 1.54) is 0 Å². The van der Waals surface area contributed by atoms with E-state index in [0.717, 1.165) is 6.54 Å². The molecule has 1 aliphatic rings. The van der Waals surface area contributed by atoms with Crippen molar-refractivity contribution >= 4 is 11.8 Å². The quantitative estimate of drug-likeness (QED) is 0.497. The molecule has 0 spiro atoms. The third-order valence-corrected chi connectivity index (χ3v) is 1.32. The van der Waals surface area contributed by atoms with Crippen molar-refractivity contribution in [2.45, 2.75) is 6.92 Å². The van der Waals surface area contributed by atoms with Gasteiger partial charge in [-0.3, -0.25) is 0 Å². The maximum Gasteiger partial charge on any atom is 0.0406 e. The summed E-state index contributed by atoms with van der Waals surface area (Å²) in [6, 6.07) is 0. The lowest BCUT2D eigenvalue weighted by molar-refractivity contribution is 0.338. The van der Waals surface area contributed by atoms with Gasteiger partial charge in [-0.15, -0.1) is 4.53 Å². The van der Waals surface area contributed by atoms with E-state index in [1.807, 2.05) is 6.20 Å².